The lowest BCUT2D eigenvalue weighted by molar-refractivity contribution is -0.0591. The van der Waals surface area contributed by atoms with Crippen LogP contribution in [0, 0.1) is 5.82 Å². The van der Waals surface area contributed by atoms with Crippen molar-refractivity contribution in [2.45, 2.75) is 38.6 Å². The Morgan fingerprint density at radius 2 is 2.05 bits per heavy atom. The fourth-order valence-corrected chi connectivity index (χ4v) is 5.32. The SMILES string of the molecule is O=C(O)c1ccc2nc(CN3CC=C(c4cccc(OCc5ccc(Cl)cc5F)c4)CC3)n(C[C@@H]3CCO3)c2c1. The zero-order valence-electron chi connectivity index (χ0n) is 21.9. The smallest absolute Gasteiger partial charge is 0.335 e. The van der Waals surface area contributed by atoms with Gasteiger partial charge in [-0.25, -0.2) is 14.2 Å². The van der Waals surface area contributed by atoms with Crippen molar-refractivity contribution in [1.29, 1.82) is 0 Å². The molecule has 1 N–H and O–H groups in total. The number of hydrogen-bond donors (Lipinski definition) is 1. The Morgan fingerprint density at radius 3 is 2.77 bits per heavy atom. The van der Waals surface area contributed by atoms with Crippen molar-refractivity contribution in [3.05, 3.63) is 100 Å². The molecule has 4 aromatic rings. The van der Waals surface area contributed by atoms with E-state index in [-0.39, 0.29) is 24.1 Å². The summed E-state index contributed by atoms with van der Waals surface area (Å²) in [6.07, 6.45) is 4.21. The van der Waals surface area contributed by atoms with Gasteiger partial charge in [0.05, 0.1) is 35.8 Å². The highest BCUT2D eigenvalue weighted by Gasteiger charge is 2.24. The summed E-state index contributed by atoms with van der Waals surface area (Å²) in [5, 5.41) is 9.84. The number of carboxylic acid groups (broad SMARTS) is 1. The number of carboxylic acids is 1. The van der Waals surface area contributed by atoms with E-state index in [0.717, 1.165) is 55.0 Å². The molecule has 1 aromatic heterocycles. The molecule has 9 heteroatoms. The van der Waals surface area contributed by atoms with E-state index in [0.29, 0.717) is 29.4 Å². The van der Waals surface area contributed by atoms with E-state index >= 15 is 0 Å². The highest BCUT2D eigenvalue weighted by atomic mass is 35.5. The third-order valence-electron chi connectivity index (χ3n) is 7.53. The predicted molar refractivity (Wildman–Crippen MR) is 151 cm³/mol. The predicted octanol–water partition coefficient (Wildman–Crippen LogP) is 6.18. The van der Waals surface area contributed by atoms with Crippen LogP contribution in [0.4, 0.5) is 4.39 Å². The number of fused-ring (bicyclic) bond motifs is 1. The van der Waals surface area contributed by atoms with Crippen molar-refractivity contribution < 1.29 is 23.8 Å². The molecule has 2 aliphatic heterocycles. The second-order valence-electron chi connectivity index (χ2n) is 10.2. The number of aromatic carboxylic acids is 1. The fourth-order valence-electron chi connectivity index (χ4n) is 5.16. The molecule has 3 aromatic carbocycles. The number of ether oxygens (including phenoxy) is 2. The Morgan fingerprint density at radius 1 is 1.18 bits per heavy atom. The molecular formula is C31H29ClFN3O4. The first-order valence-corrected chi connectivity index (χ1v) is 13.7. The van der Waals surface area contributed by atoms with Gasteiger partial charge in [0.1, 0.15) is 24.0 Å². The number of aromatic nitrogens is 2. The third-order valence-corrected chi connectivity index (χ3v) is 7.76. The molecule has 0 spiro atoms. The minimum absolute atomic E-state index is 0.125. The van der Waals surface area contributed by atoms with Crippen LogP contribution in [0.3, 0.4) is 0 Å². The van der Waals surface area contributed by atoms with E-state index in [1.165, 1.54) is 11.6 Å². The van der Waals surface area contributed by atoms with Crippen LogP contribution in [0.1, 0.15) is 40.2 Å². The summed E-state index contributed by atoms with van der Waals surface area (Å²) >= 11 is 5.85. The molecule has 40 heavy (non-hydrogen) atoms. The van der Waals surface area contributed by atoms with Crippen molar-refractivity contribution in [1.82, 2.24) is 14.5 Å². The highest BCUT2D eigenvalue weighted by Crippen LogP contribution is 2.28. The van der Waals surface area contributed by atoms with Crippen molar-refractivity contribution in [3.8, 4) is 5.75 Å². The number of halogens is 2. The van der Waals surface area contributed by atoms with Gasteiger partial charge in [-0.2, -0.15) is 0 Å². The van der Waals surface area contributed by atoms with Crippen LogP contribution in [-0.2, 0) is 24.4 Å². The summed E-state index contributed by atoms with van der Waals surface area (Å²) in [5.41, 5.74) is 4.66. The van der Waals surface area contributed by atoms with E-state index < -0.39 is 5.97 Å². The summed E-state index contributed by atoms with van der Waals surface area (Å²) in [5.74, 6) is 0.267. The lowest BCUT2D eigenvalue weighted by Gasteiger charge is -2.29. The zero-order valence-corrected chi connectivity index (χ0v) is 22.6. The maximum absolute atomic E-state index is 14.1. The van der Waals surface area contributed by atoms with Crippen LogP contribution in [-0.4, -0.2) is 51.3 Å². The van der Waals surface area contributed by atoms with E-state index in [2.05, 4.69) is 21.6 Å². The third kappa shape index (κ3) is 5.75. The van der Waals surface area contributed by atoms with E-state index in [1.54, 1.807) is 30.3 Å². The molecule has 0 bridgehead atoms. The van der Waals surface area contributed by atoms with Gasteiger partial charge in [-0.1, -0.05) is 35.9 Å². The molecule has 0 aliphatic carbocycles. The topological polar surface area (TPSA) is 76.8 Å². The van der Waals surface area contributed by atoms with Gasteiger partial charge in [0, 0.05) is 30.3 Å². The van der Waals surface area contributed by atoms with Gasteiger partial charge < -0.3 is 19.1 Å². The highest BCUT2D eigenvalue weighted by molar-refractivity contribution is 6.30. The van der Waals surface area contributed by atoms with Gasteiger partial charge in [-0.05, 0) is 66.4 Å². The number of rotatable bonds is 9. The Balaban J connectivity index is 1.15. The normalized spacial score (nSPS) is 17.4. The summed E-state index contributed by atoms with van der Waals surface area (Å²) in [4.78, 5) is 18.8. The Labute approximate surface area is 236 Å². The quantitative estimate of drug-likeness (QED) is 0.263. The molecular weight excluding hydrogens is 533 g/mol. The van der Waals surface area contributed by atoms with Crippen LogP contribution < -0.4 is 4.74 Å². The van der Waals surface area contributed by atoms with Crippen molar-refractivity contribution in [3.63, 3.8) is 0 Å². The molecule has 0 unspecified atom stereocenters. The Hall–Kier alpha value is -3.72. The lowest BCUT2D eigenvalue weighted by Crippen LogP contribution is -2.33. The zero-order chi connectivity index (χ0) is 27.6. The minimum Gasteiger partial charge on any atom is -0.489 e. The molecule has 7 nitrogen and oxygen atoms in total. The summed E-state index contributed by atoms with van der Waals surface area (Å²) in [7, 11) is 0. The molecule has 0 amide bonds. The molecule has 2 aliphatic rings. The van der Waals surface area contributed by atoms with Crippen molar-refractivity contribution in [2.75, 3.05) is 19.7 Å². The standard InChI is InChI=1S/C31H29ClFN3O4/c32-24-6-4-23(27(33)16-24)19-40-25-3-1-2-21(14-25)20-8-11-35(12-9-20)18-30-34-28-7-5-22(31(37)38)15-29(28)36(30)17-26-10-13-39-26/h1-8,14-16,26H,9-13,17-19H2,(H,37,38)/t26-/m0/s1. The average Bonchev–Trinajstić information content (AvgIpc) is 3.26. The monoisotopic (exact) mass is 561 g/mol. The molecule has 3 heterocycles. The van der Waals surface area contributed by atoms with Crippen molar-refractivity contribution >= 4 is 34.2 Å². The molecule has 1 atom stereocenters. The molecule has 0 radical (unpaired) electrons. The van der Waals surface area contributed by atoms with Crippen molar-refractivity contribution in [2.24, 2.45) is 0 Å². The summed E-state index contributed by atoms with van der Waals surface area (Å²) in [6.45, 7) is 3.83. The summed E-state index contributed by atoms with van der Waals surface area (Å²) in [6, 6.07) is 17.6. The molecule has 1 fully saturated rings. The van der Waals surface area contributed by atoms with Gasteiger partial charge in [0.15, 0.2) is 0 Å². The number of benzene rings is 3. The van der Waals surface area contributed by atoms with E-state index in [9.17, 15) is 14.3 Å². The lowest BCUT2D eigenvalue weighted by atomic mass is 9.99. The number of imidazole rings is 1. The molecule has 1 saturated heterocycles. The van der Waals surface area contributed by atoms with Gasteiger partial charge in [-0.15, -0.1) is 0 Å². The first kappa shape index (κ1) is 26.5. The molecule has 206 valence electrons. The Bertz CT molecular complexity index is 1600. The van der Waals surface area contributed by atoms with Crippen LogP contribution >= 0.6 is 11.6 Å². The van der Waals surface area contributed by atoms with Gasteiger partial charge in [0.2, 0.25) is 0 Å². The van der Waals surface area contributed by atoms with Gasteiger partial charge in [-0.3, -0.25) is 4.90 Å². The second kappa shape index (κ2) is 11.4. The largest absolute Gasteiger partial charge is 0.489 e. The fraction of sp³-hybridized carbons (Fsp3) is 0.290. The summed E-state index contributed by atoms with van der Waals surface area (Å²) < 4.78 is 27.8. The maximum atomic E-state index is 14.1. The van der Waals surface area contributed by atoms with E-state index in [1.807, 2.05) is 18.2 Å². The van der Waals surface area contributed by atoms with Crippen LogP contribution in [0.15, 0.2) is 66.7 Å². The van der Waals surface area contributed by atoms with Gasteiger partial charge in [0.25, 0.3) is 0 Å². The average molecular weight is 562 g/mol. The second-order valence-corrected chi connectivity index (χ2v) is 10.6. The van der Waals surface area contributed by atoms with Crippen LogP contribution in [0.2, 0.25) is 5.02 Å². The number of nitrogens with zero attached hydrogens (tertiary/aromatic N) is 3. The first-order chi connectivity index (χ1) is 19.4. The van der Waals surface area contributed by atoms with Crippen LogP contribution in [0.5, 0.6) is 5.75 Å². The molecule has 6 rings (SSSR count). The maximum Gasteiger partial charge on any atom is 0.335 e. The van der Waals surface area contributed by atoms with Crippen LogP contribution in [0.25, 0.3) is 16.6 Å². The number of hydrogen-bond acceptors (Lipinski definition) is 5. The molecule has 0 saturated carbocycles. The van der Waals surface area contributed by atoms with E-state index in [4.69, 9.17) is 26.1 Å². The van der Waals surface area contributed by atoms with Gasteiger partial charge >= 0.3 is 5.97 Å². The number of carbonyl (C=O) groups is 1. The first-order valence-electron chi connectivity index (χ1n) is 13.4. The Kier molecular flexibility index (Phi) is 7.56. The minimum atomic E-state index is -0.948.